The molecule has 8 atom stereocenters. The Bertz CT molecular complexity index is 772. The molecule has 0 aliphatic heterocycles. The van der Waals surface area contributed by atoms with E-state index in [2.05, 4.69) is 4.99 Å². The highest BCUT2D eigenvalue weighted by Crippen LogP contribution is 2.70. The zero-order chi connectivity index (χ0) is 20.0. The molecule has 4 aliphatic rings. The second kappa shape index (κ2) is 5.52. The molecule has 0 spiro atoms. The van der Waals surface area contributed by atoms with Crippen molar-refractivity contribution in [1.82, 2.24) is 0 Å². The first-order valence-electron chi connectivity index (χ1n) is 10.2. The quantitative estimate of drug-likeness (QED) is 0.568. The van der Waals surface area contributed by atoms with Gasteiger partial charge in [0, 0.05) is 23.8 Å². The van der Waals surface area contributed by atoms with E-state index in [0.717, 1.165) is 23.3 Å². The number of halogens is 1. The third-order valence-corrected chi connectivity index (χ3v) is 9.09. The molecule has 0 heterocycles. The number of nitrogens with two attached hydrogens (primary N) is 1. The van der Waals surface area contributed by atoms with Crippen LogP contribution in [-0.4, -0.2) is 40.5 Å². The molecule has 4 aliphatic carbocycles. The van der Waals surface area contributed by atoms with Crippen LogP contribution in [0.15, 0.2) is 28.3 Å². The van der Waals surface area contributed by atoms with Crippen LogP contribution in [0.3, 0.4) is 0 Å². The first-order chi connectivity index (χ1) is 12.4. The maximum Gasteiger partial charge on any atom is 0.152 e. The summed E-state index contributed by atoms with van der Waals surface area (Å²) >= 11 is 0. The summed E-state index contributed by atoms with van der Waals surface area (Å²) in [6, 6.07) is 0. The minimum absolute atomic E-state index is 0.0386. The molecule has 5 heteroatoms. The molecule has 4 rings (SSSR count). The number of alkyl halides is 1. The van der Waals surface area contributed by atoms with Crippen molar-refractivity contribution >= 4 is 5.71 Å². The molecular weight excluding hydrogens is 343 g/mol. The lowest BCUT2D eigenvalue weighted by molar-refractivity contribution is -0.220. The van der Waals surface area contributed by atoms with E-state index in [-0.39, 0.29) is 24.2 Å². The minimum atomic E-state index is -1.76. The fourth-order valence-corrected chi connectivity index (χ4v) is 7.10. The average molecular weight is 377 g/mol. The highest BCUT2D eigenvalue weighted by Gasteiger charge is 2.74. The molecule has 0 amide bonds. The fraction of sp³-hybridized carbons (Fsp3) is 0.773. The number of nitrogens with zero attached hydrogens (tertiary/aromatic N) is 1. The summed E-state index contributed by atoms with van der Waals surface area (Å²) in [6.45, 7) is 7.80. The van der Waals surface area contributed by atoms with E-state index < -0.39 is 28.3 Å². The minimum Gasteiger partial charge on any atom is -0.390 e. The van der Waals surface area contributed by atoms with Crippen molar-refractivity contribution in [2.75, 3.05) is 7.05 Å². The van der Waals surface area contributed by atoms with Crippen molar-refractivity contribution in [3.05, 3.63) is 23.3 Å². The van der Waals surface area contributed by atoms with Gasteiger partial charge in [-0.05, 0) is 63.5 Å². The number of hydrogen-bond acceptors (Lipinski definition) is 4. The Hall–Kier alpha value is -1.04. The van der Waals surface area contributed by atoms with E-state index in [1.165, 1.54) is 0 Å². The van der Waals surface area contributed by atoms with Gasteiger partial charge in [0.1, 0.15) is 5.72 Å². The van der Waals surface area contributed by atoms with Gasteiger partial charge in [-0.2, -0.15) is 0 Å². The van der Waals surface area contributed by atoms with Crippen LogP contribution < -0.4 is 5.73 Å². The second-order valence-corrected chi connectivity index (χ2v) is 9.89. The van der Waals surface area contributed by atoms with Gasteiger partial charge < -0.3 is 15.9 Å². The summed E-state index contributed by atoms with van der Waals surface area (Å²) in [4.78, 5) is 4.29. The number of rotatable bonds is 0. The van der Waals surface area contributed by atoms with Crippen LogP contribution in [0.5, 0.6) is 0 Å². The number of allylic oxidation sites excluding steroid dienone is 4. The lowest BCUT2D eigenvalue weighted by Gasteiger charge is -2.63. The van der Waals surface area contributed by atoms with Crippen LogP contribution >= 0.6 is 0 Å². The molecule has 27 heavy (non-hydrogen) atoms. The average Bonchev–Trinajstić information content (AvgIpc) is 2.77. The highest BCUT2D eigenvalue weighted by molar-refractivity contribution is 6.06. The van der Waals surface area contributed by atoms with Crippen molar-refractivity contribution in [2.45, 2.75) is 70.9 Å². The van der Waals surface area contributed by atoms with Gasteiger partial charge in [-0.25, -0.2) is 4.39 Å². The Morgan fingerprint density at radius 2 is 1.93 bits per heavy atom. The van der Waals surface area contributed by atoms with E-state index in [4.69, 9.17) is 5.73 Å². The summed E-state index contributed by atoms with van der Waals surface area (Å²) in [6.07, 6.45) is 5.13. The van der Waals surface area contributed by atoms with Crippen molar-refractivity contribution < 1.29 is 14.6 Å². The summed E-state index contributed by atoms with van der Waals surface area (Å²) in [5.74, 6) is -0.478. The molecule has 1 unspecified atom stereocenters. The predicted molar refractivity (Wildman–Crippen MR) is 105 cm³/mol. The maximum atomic E-state index is 17.1. The highest BCUT2D eigenvalue weighted by atomic mass is 19.1. The normalized spacial score (nSPS) is 56.1. The molecule has 0 aromatic rings. The maximum absolute atomic E-state index is 17.1. The van der Waals surface area contributed by atoms with Gasteiger partial charge in [-0.3, -0.25) is 4.99 Å². The summed E-state index contributed by atoms with van der Waals surface area (Å²) in [5.41, 5.74) is 4.50. The van der Waals surface area contributed by atoms with Gasteiger partial charge in [0.05, 0.1) is 11.8 Å². The van der Waals surface area contributed by atoms with Crippen LogP contribution in [0.4, 0.5) is 4.39 Å². The van der Waals surface area contributed by atoms with Crippen LogP contribution in [0.25, 0.3) is 0 Å². The van der Waals surface area contributed by atoms with Crippen molar-refractivity contribution in [3.8, 4) is 0 Å². The molecule has 3 fully saturated rings. The lowest BCUT2D eigenvalue weighted by Crippen LogP contribution is -2.70. The van der Waals surface area contributed by atoms with E-state index in [1.807, 2.05) is 39.8 Å². The van der Waals surface area contributed by atoms with Crippen molar-refractivity contribution in [2.24, 2.45) is 39.3 Å². The zero-order valence-corrected chi connectivity index (χ0v) is 17.1. The molecular formula is C22H33FN2O2. The standard InChI is InChI=1S/C22H33FN2O2/c1-12-8-15(25-5)10-14-6-7-16-17-9-13(2)22(24,27)19(17,3)11-18(26)21(16,23)20(12,14)4/h8,10,13,16-18,26-27H,6-7,9,11,24H2,1-5H3/t13-,16+,17?,18+,19+,20+,21+,22-/m1/s1. The fourth-order valence-electron chi connectivity index (χ4n) is 7.10. The molecule has 4 nitrogen and oxygen atoms in total. The third kappa shape index (κ3) is 2.01. The van der Waals surface area contributed by atoms with E-state index in [0.29, 0.717) is 12.8 Å². The van der Waals surface area contributed by atoms with Crippen LogP contribution in [0.1, 0.15) is 53.4 Å². The molecule has 3 saturated carbocycles. The number of fused-ring (bicyclic) bond motifs is 5. The van der Waals surface area contributed by atoms with Gasteiger partial charge in [0.15, 0.2) is 5.67 Å². The molecule has 4 N–H and O–H groups in total. The smallest absolute Gasteiger partial charge is 0.152 e. The Labute approximate surface area is 161 Å². The molecule has 0 saturated heterocycles. The zero-order valence-electron chi connectivity index (χ0n) is 17.1. The van der Waals surface area contributed by atoms with Crippen LogP contribution in [0, 0.1) is 28.6 Å². The number of aliphatic hydroxyl groups excluding tert-OH is 1. The van der Waals surface area contributed by atoms with Crippen molar-refractivity contribution in [3.63, 3.8) is 0 Å². The van der Waals surface area contributed by atoms with Gasteiger partial charge in [-0.15, -0.1) is 0 Å². The lowest BCUT2D eigenvalue weighted by atomic mass is 9.44. The first kappa shape index (κ1) is 19.3. The topological polar surface area (TPSA) is 78.8 Å². The SMILES string of the molecule is CN=C1C=C(C)[C@@]2(C)C(=C1)CC[C@H]1C3C[C@@H](C)[C@@](N)(O)[C@@]3(C)C[C@H](O)[C@@]12F. The number of aliphatic hydroxyl groups is 2. The Balaban J connectivity index is 1.86. The molecule has 150 valence electrons. The van der Waals surface area contributed by atoms with Gasteiger partial charge >= 0.3 is 0 Å². The largest absolute Gasteiger partial charge is 0.390 e. The molecule has 0 aromatic heterocycles. The summed E-state index contributed by atoms with van der Waals surface area (Å²) in [5, 5.41) is 22.2. The van der Waals surface area contributed by atoms with Crippen molar-refractivity contribution in [1.29, 1.82) is 0 Å². The first-order valence-corrected chi connectivity index (χ1v) is 10.2. The molecule has 0 aromatic carbocycles. The predicted octanol–water partition coefficient (Wildman–Crippen LogP) is 3.14. The summed E-state index contributed by atoms with van der Waals surface area (Å²) < 4.78 is 17.1. The number of hydrogen-bond donors (Lipinski definition) is 3. The van der Waals surface area contributed by atoms with Gasteiger partial charge in [0.2, 0.25) is 0 Å². The number of aliphatic imine (C=N–C) groups is 1. The Kier molecular flexibility index (Phi) is 3.94. The van der Waals surface area contributed by atoms with Gasteiger partial charge in [0.25, 0.3) is 0 Å². The summed E-state index contributed by atoms with van der Waals surface area (Å²) in [7, 11) is 1.75. The Morgan fingerprint density at radius 1 is 1.26 bits per heavy atom. The van der Waals surface area contributed by atoms with E-state index in [9.17, 15) is 10.2 Å². The van der Waals surface area contributed by atoms with Crippen LogP contribution in [0.2, 0.25) is 0 Å². The monoisotopic (exact) mass is 376 g/mol. The second-order valence-electron chi connectivity index (χ2n) is 9.89. The van der Waals surface area contributed by atoms with E-state index in [1.54, 1.807) is 7.05 Å². The third-order valence-electron chi connectivity index (χ3n) is 9.09. The molecule has 0 radical (unpaired) electrons. The molecule has 0 bridgehead atoms. The van der Waals surface area contributed by atoms with Gasteiger partial charge in [-0.1, -0.05) is 25.0 Å². The van der Waals surface area contributed by atoms with Crippen LogP contribution in [-0.2, 0) is 0 Å². The van der Waals surface area contributed by atoms with E-state index >= 15 is 4.39 Å². The Morgan fingerprint density at radius 3 is 2.56 bits per heavy atom.